The van der Waals surface area contributed by atoms with Crippen LogP contribution in [0.3, 0.4) is 0 Å². The summed E-state index contributed by atoms with van der Waals surface area (Å²) in [5.41, 5.74) is 0.252. The van der Waals surface area contributed by atoms with Crippen LogP contribution in [-0.2, 0) is 9.59 Å². The van der Waals surface area contributed by atoms with E-state index in [1.165, 1.54) is 0 Å². The van der Waals surface area contributed by atoms with Crippen LogP contribution < -0.4 is 5.32 Å². The summed E-state index contributed by atoms with van der Waals surface area (Å²) in [4.78, 5) is 41.2. The molecule has 7 heteroatoms. The van der Waals surface area contributed by atoms with Gasteiger partial charge in [0.25, 0.3) is 5.91 Å². The molecule has 1 aromatic carbocycles. The second-order valence-corrected chi connectivity index (χ2v) is 8.70. The van der Waals surface area contributed by atoms with Crippen molar-refractivity contribution in [3.8, 4) is 0 Å². The Morgan fingerprint density at radius 3 is 2.43 bits per heavy atom. The number of imide groups is 1. The maximum absolute atomic E-state index is 13.0. The van der Waals surface area contributed by atoms with Crippen molar-refractivity contribution in [3.63, 3.8) is 0 Å². The molecule has 0 unspecified atom stereocenters. The highest BCUT2D eigenvalue weighted by Gasteiger charge is 2.55. The topological polar surface area (TPSA) is 69.7 Å². The number of benzene rings is 1. The van der Waals surface area contributed by atoms with Crippen molar-refractivity contribution >= 4 is 29.4 Å². The number of nitrogens with one attached hydrogen (secondary N) is 1. The van der Waals surface area contributed by atoms with Crippen LogP contribution in [0.25, 0.3) is 0 Å². The molecule has 2 aliphatic carbocycles. The Hall–Kier alpha value is -2.08. The van der Waals surface area contributed by atoms with Gasteiger partial charge in [-0.15, -0.1) is 0 Å². The standard InChI is InChI=1S/C21H26ClN3O3/c1-24-20(28)25(19(27)21(24)11-3-2-4-12-21)13-17(26)23-18(14-5-6-14)15-7-9-16(22)10-8-15/h7-10,14,18H,2-6,11-13H2,1H3,(H,23,26)/t18-/m0/s1. The van der Waals surface area contributed by atoms with Crippen molar-refractivity contribution in [2.24, 2.45) is 5.92 Å². The first-order chi connectivity index (χ1) is 13.4. The number of nitrogens with zero attached hydrogens (tertiary/aromatic N) is 2. The van der Waals surface area contributed by atoms with Crippen molar-refractivity contribution < 1.29 is 14.4 Å². The number of hydrogen-bond donors (Lipinski definition) is 1. The monoisotopic (exact) mass is 403 g/mol. The van der Waals surface area contributed by atoms with Crippen LogP contribution in [0.5, 0.6) is 0 Å². The molecule has 150 valence electrons. The Morgan fingerprint density at radius 2 is 1.82 bits per heavy atom. The minimum atomic E-state index is -0.748. The van der Waals surface area contributed by atoms with E-state index >= 15 is 0 Å². The minimum Gasteiger partial charge on any atom is -0.347 e. The van der Waals surface area contributed by atoms with Crippen LogP contribution in [0.2, 0.25) is 5.02 Å². The molecule has 3 aliphatic rings. The van der Waals surface area contributed by atoms with Crippen molar-refractivity contribution in [1.29, 1.82) is 0 Å². The molecule has 1 aromatic rings. The van der Waals surface area contributed by atoms with Crippen molar-refractivity contribution in [1.82, 2.24) is 15.1 Å². The van der Waals surface area contributed by atoms with Crippen molar-refractivity contribution in [3.05, 3.63) is 34.9 Å². The summed E-state index contributed by atoms with van der Waals surface area (Å²) in [7, 11) is 1.68. The summed E-state index contributed by atoms with van der Waals surface area (Å²) in [6.07, 6.45) is 6.43. The van der Waals surface area contributed by atoms with Gasteiger partial charge < -0.3 is 10.2 Å². The molecule has 1 saturated heterocycles. The van der Waals surface area contributed by atoms with E-state index < -0.39 is 5.54 Å². The molecule has 2 saturated carbocycles. The SMILES string of the molecule is CN1C(=O)N(CC(=O)N[C@H](c2ccc(Cl)cc2)C2CC2)C(=O)C12CCCCC2. The van der Waals surface area contributed by atoms with E-state index in [0.29, 0.717) is 23.8 Å². The highest BCUT2D eigenvalue weighted by molar-refractivity contribution is 6.30. The van der Waals surface area contributed by atoms with Gasteiger partial charge in [-0.3, -0.25) is 14.5 Å². The third-order valence-electron chi connectivity index (χ3n) is 6.42. The average Bonchev–Trinajstić information content (AvgIpc) is 3.53. The lowest BCUT2D eigenvalue weighted by atomic mass is 9.81. The van der Waals surface area contributed by atoms with Gasteiger partial charge in [-0.25, -0.2) is 4.79 Å². The molecule has 3 fully saturated rings. The predicted octanol–water partition coefficient (Wildman–Crippen LogP) is 3.50. The quantitative estimate of drug-likeness (QED) is 0.765. The van der Waals surface area contributed by atoms with E-state index in [-0.39, 0.29) is 30.4 Å². The lowest BCUT2D eigenvalue weighted by Gasteiger charge is -2.35. The number of amides is 4. The van der Waals surface area contributed by atoms with Gasteiger partial charge in [-0.1, -0.05) is 43.0 Å². The van der Waals surface area contributed by atoms with Crippen LogP contribution in [-0.4, -0.2) is 46.8 Å². The third-order valence-corrected chi connectivity index (χ3v) is 6.68. The van der Waals surface area contributed by atoms with Crippen LogP contribution in [0.4, 0.5) is 4.79 Å². The van der Waals surface area contributed by atoms with Crippen molar-refractivity contribution in [2.75, 3.05) is 13.6 Å². The molecule has 4 rings (SSSR count). The molecule has 1 atom stereocenters. The van der Waals surface area contributed by atoms with Crippen molar-refractivity contribution in [2.45, 2.75) is 56.5 Å². The first-order valence-corrected chi connectivity index (χ1v) is 10.4. The van der Waals surface area contributed by atoms with E-state index in [1.807, 2.05) is 24.3 Å². The van der Waals surface area contributed by atoms with Gasteiger partial charge in [0.15, 0.2) is 0 Å². The Bertz CT molecular complexity index is 785. The van der Waals surface area contributed by atoms with Crippen LogP contribution in [0.15, 0.2) is 24.3 Å². The average molecular weight is 404 g/mol. The molecule has 1 heterocycles. The molecule has 0 bridgehead atoms. The number of carbonyl (C=O) groups is 3. The molecular weight excluding hydrogens is 378 g/mol. The van der Waals surface area contributed by atoms with E-state index in [2.05, 4.69) is 5.32 Å². The lowest BCUT2D eigenvalue weighted by molar-refractivity contribution is -0.137. The minimum absolute atomic E-state index is 0.112. The summed E-state index contributed by atoms with van der Waals surface area (Å²) in [6, 6.07) is 6.99. The maximum atomic E-state index is 13.0. The molecular formula is C21H26ClN3O3. The number of rotatable bonds is 5. The fraction of sp³-hybridized carbons (Fsp3) is 0.571. The normalized spacial score (nSPS) is 22.6. The number of urea groups is 1. The number of hydrogen-bond acceptors (Lipinski definition) is 3. The zero-order chi connectivity index (χ0) is 19.9. The molecule has 28 heavy (non-hydrogen) atoms. The van der Waals surface area contributed by atoms with Gasteiger partial charge in [0.05, 0.1) is 6.04 Å². The van der Waals surface area contributed by atoms with E-state index in [4.69, 9.17) is 11.6 Å². The molecule has 0 radical (unpaired) electrons. The fourth-order valence-electron chi connectivity index (χ4n) is 4.61. The number of carbonyl (C=O) groups excluding carboxylic acids is 3. The summed E-state index contributed by atoms with van der Waals surface area (Å²) >= 11 is 5.97. The Morgan fingerprint density at radius 1 is 1.18 bits per heavy atom. The second-order valence-electron chi connectivity index (χ2n) is 8.26. The highest BCUT2D eigenvalue weighted by atomic mass is 35.5. The zero-order valence-electron chi connectivity index (χ0n) is 16.1. The van der Waals surface area contributed by atoms with Gasteiger partial charge in [0, 0.05) is 12.1 Å². The third kappa shape index (κ3) is 3.39. The Kier molecular flexibility index (Phi) is 5.08. The smallest absolute Gasteiger partial charge is 0.327 e. The molecule has 1 aliphatic heterocycles. The summed E-state index contributed by atoms with van der Waals surface area (Å²) in [5.74, 6) is -0.124. The van der Waals surface area contributed by atoms with Gasteiger partial charge in [-0.2, -0.15) is 0 Å². The number of halogens is 1. The largest absolute Gasteiger partial charge is 0.347 e. The lowest BCUT2D eigenvalue weighted by Crippen LogP contribution is -2.49. The molecule has 0 aromatic heterocycles. The van der Waals surface area contributed by atoms with Crippen LogP contribution in [0.1, 0.15) is 56.6 Å². The van der Waals surface area contributed by atoms with Gasteiger partial charge >= 0.3 is 6.03 Å². The zero-order valence-corrected chi connectivity index (χ0v) is 16.9. The van der Waals surface area contributed by atoms with Gasteiger partial charge in [0.2, 0.25) is 5.91 Å². The summed E-state index contributed by atoms with van der Waals surface area (Å²) < 4.78 is 0. The van der Waals surface area contributed by atoms with Gasteiger partial charge in [0.1, 0.15) is 12.1 Å². The fourth-order valence-corrected chi connectivity index (χ4v) is 4.73. The Labute approximate surface area is 170 Å². The maximum Gasteiger partial charge on any atom is 0.327 e. The first-order valence-electron chi connectivity index (χ1n) is 10.1. The molecule has 6 nitrogen and oxygen atoms in total. The summed E-state index contributed by atoms with van der Waals surface area (Å²) in [5, 5.41) is 3.69. The first kappa shape index (κ1) is 19.2. The molecule has 1 spiro atoms. The van der Waals surface area contributed by atoms with Gasteiger partial charge in [-0.05, 0) is 49.3 Å². The van der Waals surface area contributed by atoms with E-state index in [0.717, 1.165) is 42.6 Å². The number of likely N-dealkylation sites (N-methyl/N-ethyl adjacent to an activating group) is 1. The van der Waals surface area contributed by atoms with E-state index in [9.17, 15) is 14.4 Å². The molecule has 4 amide bonds. The van der Waals surface area contributed by atoms with Crippen LogP contribution in [0, 0.1) is 5.92 Å². The Balaban J connectivity index is 1.46. The summed E-state index contributed by atoms with van der Waals surface area (Å²) in [6.45, 7) is -0.222. The molecule has 1 N–H and O–H groups in total. The predicted molar refractivity (Wildman–Crippen MR) is 106 cm³/mol. The van der Waals surface area contributed by atoms with E-state index in [1.54, 1.807) is 11.9 Å². The second kappa shape index (κ2) is 7.39. The van der Waals surface area contributed by atoms with Crippen LogP contribution >= 0.6 is 11.6 Å². The highest BCUT2D eigenvalue weighted by Crippen LogP contribution is 2.42.